The lowest BCUT2D eigenvalue weighted by Gasteiger charge is -2.25. The molecule has 0 aromatic rings. The summed E-state index contributed by atoms with van der Waals surface area (Å²) in [6.45, 7) is 1.28. The van der Waals surface area contributed by atoms with Crippen molar-refractivity contribution in [1.29, 1.82) is 0 Å². The van der Waals surface area contributed by atoms with E-state index in [2.05, 4.69) is 0 Å². The highest BCUT2D eigenvalue weighted by Crippen LogP contribution is 2.20. The van der Waals surface area contributed by atoms with Gasteiger partial charge in [0.1, 0.15) is 6.04 Å². The fourth-order valence-corrected chi connectivity index (χ4v) is 1.61. The first-order chi connectivity index (χ1) is 7.36. The molecule has 2 atom stereocenters. The molecule has 3 amide bonds. The second-order valence-corrected chi connectivity index (χ2v) is 3.63. The predicted molar refractivity (Wildman–Crippen MR) is 50.9 cm³/mol. The Morgan fingerprint density at radius 3 is 2.06 bits per heavy atom. The second kappa shape index (κ2) is 4.30. The number of likely N-dealkylation sites (tertiary alicyclic amines) is 1. The summed E-state index contributed by atoms with van der Waals surface area (Å²) in [7, 11) is 0. The van der Waals surface area contributed by atoms with Crippen molar-refractivity contribution in [2.75, 3.05) is 0 Å². The van der Waals surface area contributed by atoms with Crippen LogP contribution >= 0.6 is 0 Å². The highest BCUT2D eigenvalue weighted by Gasteiger charge is 2.43. The molecule has 1 aliphatic rings. The van der Waals surface area contributed by atoms with Gasteiger partial charge in [0.05, 0.1) is 5.92 Å². The normalized spacial score (nSPS) is 19.7. The van der Waals surface area contributed by atoms with Crippen molar-refractivity contribution in [3.63, 3.8) is 0 Å². The van der Waals surface area contributed by atoms with Crippen LogP contribution in [-0.2, 0) is 19.2 Å². The number of hydrogen-bond acceptors (Lipinski definition) is 4. The van der Waals surface area contributed by atoms with E-state index in [4.69, 9.17) is 10.8 Å². The first-order valence-corrected chi connectivity index (χ1v) is 4.73. The number of imide groups is 1. The third kappa shape index (κ3) is 2.02. The quantitative estimate of drug-likeness (QED) is 0.580. The molecule has 0 aliphatic carbocycles. The average Bonchev–Trinajstić information content (AvgIpc) is 2.49. The molecule has 0 bridgehead atoms. The van der Waals surface area contributed by atoms with E-state index < -0.39 is 35.7 Å². The fourth-order valence-electron chi connectivity index (χ4n) is 1.61. The standard InChI is InChI=1S/C9H12N2O5/c1-4(8(10)14)7(9(15)16)11-5(12)2-3-6(11)13/h4,7H,2-3H2,1H3,(H2,10,14)(H,15,16)/t4?,7-/m0/s1. The lowest BCUT2D eigenvalue weighted by atomic mass is 10.00. The molecular weight excluding hydrogens is 216 g/mol. The van der Waals surface area contributed by atoms with E-state index in [9.17, 15) is 19.2 Å². The van der Waals surface area contributed by atoms with E-state index in [0.29, 0.717) is 4.90 Å². The van der Waals surface area contributed by atoms with Crippen LogP contribution < -0.4 is 5.73 Å². The van der Waals surface area contributed by atoms with Gasteiger partial charge in [-0.1, -0.05) is 6.92 Å². The first kappa shape index (κ1) is 12.2. The molecule has 0 radical (unpaired) electrons. The fraction of sp³-hybridized carbons (Fsp3) is 0.556. The Balaban J connectivity index is 3.02. The van der Waals surface area contributed by atoms with Gasteiger partial charge in [-0.15, -0.1) is 0 Å². The molecule has 16 heavy (non-hydrogen) atoms. The number of carboxylic acids is 1. The largest absolute Gasteiger partial charge is 0.480 e. The molecular formula is C9H12N2O5. The topological polar surface area (TPSA) is 118 Å². The molecule has 1 aliphatic heterocycles. The van der Waals surface area contributed by atoms with Crippen molar-refractivity contribution >= 4 is 23.7 Å². The molecule has 3 N–H and O–H groups in total. The maximum Gasteiger partial charge on any atom is 0.327 e. The third-order valence-electron chi connectivity index (χ3n) is 2.54. The second-order valence-electron chi connectivity index (χ2n) is 3.63. The van der Waals surface area contributed by atoms with Crippen LogP contribution in [0, 0.1) is 5.92 Å². The number of carbonyl (C=O) groups is 4. The van der Waals surface area contributed by atoms with Gasteiger partial charge in [-0.2, -0.15) is 0 Å². The lowest BCUT2D eigenvalue weighted by Crippen LogP contribution is -2.51. The highest BCUT2D eigenvalue weighted by molar-refractivity contribution is 6.05. The minimum Gasteiger partial charge on any atom is -0.480 e. The molecule has 0 aromatic heterocycles. The maximum absolute atomic E-state index is 11.3. The number of nitrogens with zero attached hydrogens (tertiary/aromatic N) is 1. The summed E-state index contributed by atoms with van der Waals surface area (Å²) in [5.41, 5.74) is 4.98. The SMILES string of the molecule is CC(C(N)=O)[C@@H](C(=O)O)N1C(=O)CCC1=O. The van der Waals surface area contributed by atoms with Crippen LogP contribution in [0.5, 0.6) is 0 Å². The van der Waals surface area contributed by atoms with Crippen molar-refractivity contribution in [3.8, 4) is 0 Å². The van der Waals surface area contributed by atoms with Gasteiger partial charge in [0.25, 0.3) is 0 Å². The predicted octanol–water partition coefficient (Wildman–Crippen LogP) is -1.29. The van der Waals surface area contributed by atoms with E-state index in [0.717, 1.165) is 0 Å². The molecule has 7 heteroatoms. The molecule has 1 heterocycles. The molecule has 0 aromatic carbocycles. The van der Waals surface area contributed by atoms with Crippen LogP contribution in [0.1, 0.15) is 19.8 Å². The minimum atomic E-state index is -1.50. The Hall–Kier alpha value is -1.92. The van der Waals surface area contributed by atoms with Gasteiger partial charge < -0.3 is 10.8 Å². The summed E-state index contributed by atoms with van der Waals surface area (Å²) in [6.07, 6.45) is -0.0395. The minimum absolute atomic E-state index is 0.0197. The monoisotopic (exact) mass is 228 g/mol. The van der Waals surface area contributed by atoms with Gasteiger partial charge in [0.15, 0.2) is 0 Å². The molecule has 1 saturated heterocycles. The molecule has 0 saturated carbocycles. The molecule has 0 spiro atoms. The van der Waals surface area contributed by atoms with Crippen LogP contribution in [0.3, 0.4) is 0 Å². The van der Waals surface area contributed by atoms with Crippen LogP contribution in [0.15, 0.2) is 0 Å². The number of amides is 3. The van der Waals surface area contributed by atoms with E-state index in [1.54, 1.807) is 0 Å². The van der Waals surface area contributed by atoms with Crippen molar-refractivity contribution in [2.45, 2.75) is 25.8 Å². The van der Waals surface area contributed by atoms with Crippen LogP contribution in [0.2, 0.25) is 0 Å². The Labute approximate surface area is 91.2 Å². The highest BCUT2D eigenvalue weighted by atomic mass is 16.4. The van der Waals surface area contributed by atoms with Crippen molar-refractivity contribution in [1.82, 2.24) is 4.90 Å². The number of nitrogens with two attached hydrogens (primary N) is 1. The summed E-state index contributed by atoms with van der Waals surface area (Å²) in [4.78, 5) is 45.2. The Bertz CT molecular complexity index is 349. The average molecular weight is 228 g/mol. The zero-order chi connectivity index (χ0) is 12.5. The van der Waals surface area contributed by atoms with Gasteiger partial charge in [-0.25, -0.2) is 4.79 Å². The van der Waals surface area contributed by atoms with E-state index in [-0.39, 0.29) is 12.8 Å². The van der Waals surface area contributed by atoms with Gasteiger partial charge in [-0.05, 0) is 0 Å². The van der Waals surface area contributed by atoms with Crippen LogP contribution in [-0.4, -0.2) is 39.7 Å². The Kier molecular flexibility index (Phi) is 3.26. The zero-order valence-corrected chi connectivity index (χ0v) is 8.67. The number of carboxylic acid groups (broad SMARTS) is 1. The summed E-state index contributed by atoms with van der Waals surface area (Å²) >= 11 is 0. The Morgan fingerprint density at radius 2 is 1.75 bits per heavy atom. The number of rotatable bonds is 4. The number of carbonyl (C=O) groups excluding carboxylic acids is 3. The van der Waals surface area contributed by atoms with Crippen molar-refractivity contribution in [2.24, 2.45) is 11.7 Å². The van der Waals surface area contributed by atoms with Crippen LogP contribution in [0.4, 0.5) is 0 Å². The van der Waals surface area contributed by atoms with Crippen molar-refractivity contribution in [3.05, 3.63) is 0 Å². The molecule has 1 unspecified atom stereocenters. The number of primary amides is 1. The summed E-state index contributed by atoms with van der Waals surface area (Å²) in [5.74, 6) is -4.53. The Morgan fingerprint density at radius 1 is 1.31 bits per heavy atom. The van der Waals surface area contributed by atoms with E-state index in [1.807, 2.05) is 0 Å². The van der Waals surface area contributed by atoms with Gasteiger partial charge >= 0.3 is 5.97 Å². The summed E-state index contributed by atoms with van der Waals surface area (Å²) < 4.78 is 0. The third-order valence-corrected chi connectivity index (χ3v) is 2.54. The number of aliphatic carboxylic acids is 1. The van der Waals surface area contributed by atoms with E-state index >= 15 is 0 Å². The van der Waals surface area contributed by atoms with Crippen LogP contribution in [0.25, 0.3) is 0 Å². The van der Waals surface area contributed by atoms with E-state index in [1.165, 1.54) is 6.92 Å². The molecule has 1 fully saturated rings. The smallest absolute Gasteiger partial charge is 0.327 e. The maximum atomic E-state index is 11.3. The van der Waals surface area contributed by atoms with Crippen molar-refractivity contribution < 1.29 is 24.3 Å². The summed E-state index contributed by atoms with van der Waals surface area (Å²) in [5, 5.41) is 8.93. The van der Waals surface area contributed by atoms with Gasteiger partial charge in [0.2, 0.25) is 17.7 Å². The van der Waals surface area contributed by atoms with Gasteiger partial charge in [0, 0.05) is 12.8 Å². The molecule has 88 valence electrons. The molecule has 7 nitrogen and oxygen atoms in total. The molecule has 1 rings (SSSR count). The lowest BCUT2D eigenvalue weighted by molar-refractivity contribution is -0.157. The van der Waals surface area contributed by atoms with Gasteiger partial charge in [-0.3, -0.25) is 19.3 Å². The summed E-state index contributed by atoms with van der Waals surface area (Å²) in [6, 6.07) is -1.50. The first-order valence-electron chi connectivity index (χ1n) is 4.73. The number of hydrogen-bond donors (Lipinski definition) is 2. The zero-order valence-electron chi connectivity index (χ0n) is 8.67.